The highest BCUT2D eigenvalue weighted by Gasteiger charge is 2.22. The van der Waals surface area contributed by atoms with Gasteiger partial charge in [0.25, 0.3) is 0 Å². The summed E-state index contributed by atoms with van der Waals surface area (Å²) in [6.45, 7) is 10.7. The summed E-state index contributed by atoms with van der Waals surface area (Å²) in [4.78, 5) is 15.8. The molecule has 0 saturated heterocycles. The lowest BCUT2D eigenvalue weighted by Crippen LogP contribution is -2.22. The average Bonchev–Trinajstić information content (AvgIpc) is 2.57. The van der Waals surface area contributed by atoms with E-state index in [1.165, 1.54) is 0 Å². The van der Waals surface area contributed by atoms with Crippen LogP contribution in [0.4, 0.5) is 0 Å². The maximum atomic E-state index is 11.4. The van der Waals surface area contributed by atoms with Crippen LogP contribution >= 0.6 is 0 Å². The summed E-state index contributed by atoms with van der Waals surface area (Å²) in [5.74, 6) is 1.61. The molecular formula is C13H22N2O2. The van der Waals surface area contributed by atoms with Gasteiger partial charge in [0.1, 0.15) is 5.76 Å². The molecule has 1 aromatic heterocycles. The van der Waals surface area contributed by atoms with Crippen molar-refractivity contribution in [2.45, 2.75) is 52.9 Å². The number of oxazole rings is 1. The van der Waals surface area contributed by atoms with Crippen molar-refractivity contribution in [1.29, 1.82) is 0 Å². The second-order valence-corrected chi connectivity index (χ2v) is 5.23. The second kappa shape index (κ2) is 5.34. The summed E-state index contributed by atoms with van der Waals surface area (Å²) in [7, 11) is 0. The maximum Gasteiger partial charge on any atom is 0.220 e. The van der Waals surface area contributed by atoms with Crippen LogP contribution in [0.15, 0.2) is 4.42 Å². The minimum absolute atomic E-state index is 0.0561. The second-order valence-electron chi connectivity index (χ2n) is 5.23. The SMILES string of the molecule is CCNC(=O)CCc1oc(C(C)(C)C)nc1C. The van der Waals surface area contributed by atoms with Gasteiger partial charge in [-0.3, -0.25) is 4.79 Å². The Balaban J connectivity index is 2.66. The fourth-order valence-corrected chi connectivity index (χ4v) is 1.49. The van der Waals surface area contributed by atoms with Gasteiger partial charge in [0.05, 0.1) is 5.69 Å². The number of carbonyl (C=O) groups excluding carboxylic acids is 1. The van der Waals surface area contributed by atoms with Crippen molar-refractivity contribution in [3.05, 3.63) is 17.3 Å². The Morgan fingerprint density at radius 3 is 2.53 bits per heavy atom. The first-order valence-electron chi connectivity index (χ1n) is 6.08. The van der Waals surface area contributed by atoms with Crippen molar-refractivity contribution >= 4 is 5.91 Å². The molecule has 0 unspecified atom stereocenters. The minimum atomic E-state index is -0.0886. The van der Waals surface area contributed by atoms with Crippen LogP contribution < -0.4 is 5.32 Å². The monoisotopic (exact) mass is 238 g/mol. The molecule has 17 heavy (non-hydrogen) atoms. The predicted octanol–water partition coefficient (Wildman–Crippen LogP) is 2.35. The number of nitrogens with zero attached hydrogens (tertiary/aromatic N) is 1. The van der Waals surface area contributed by atoms with Crippen LogP contribution in [0.5, 0.6) is 0 Å². The van der Waals surface area contributed by atoms with Gasteiger partial charge in [-0.25, -0.2) is 4.98 Å². The third-order valence-electron chi connectivity index (χ3n) is 2.49. The Kier molecular flexibility index (Phi) is 4.32. The van der Waals surface area contributed by atoms with Gasteiger partial charge in [-0.15, -0.1) is 0 Å². The Bertz CT molecular complexity index is 389. The van der Waals surface area contributed by atoms with Crippen molar-refractivity contribution in [3.63, 3.8) is 0 Å². The summed E-state index contributed by atoms with van der Waals surface area (Å²) >= 11 is 0. The first-order valence-corrected chi connectivity index (χ1v) is 6.08. The quantitative estimate of drug-likeness (QED) is 0.876. The van der Waals surface area contributed by atoms with Gasteiger partial charge in [-0.1, -0.05) is 20.8 Å². The summed E-state index contributed by atoms with van der Waals surface area (Å²) < 4.78 is 5.72. The Hall–Kier alpha value is -1.32. The highest BCUT2D eigenvalue weighted by molar-refractivity contribution is 5.75. The summed E-state index contributed by atoms with van der Waals surface area (Å²) in [5, 5.41) is 2.77. The summed E-state index contributed by atoms with van der Waals surface area (Å²) in [6.07, 6.45) is 1.06. The van der Waals surface area contributed by atoms with Gasteiger partial charge >= 0.3 is 0 Å². The van der Waals surface area contributed by atoms with E-state index in [9.17, 15) is 4.79 Å². The lowest BCUT2D eigenvalue weighted by molar-refractivity contribution is -0.121. The molecule has 1 amide bonds. The first-order chi connectivity index (χ1) is 7.84. The van der Waals surface area contributed by atoms with Gasteiger partial charge in [0, 0.05) is 24.8 Å². The van der Waals surface area contributed by atoms with Gasteiger partial charge in [-0.2, -0.15) is 0 Å². The van der Waals surface area contributed by atoms with E-state index in [4.69, 9.17) is 4.42 Å². The van der Waals surface area contributed by atoms with Gasteiger partial charge in [0.2, 0.25) is 5.91 Å². The largest absolute Gasteiger partial charge is 0.445 e. The molecule has 1 rings (SSSR count). The molecule has 0 saturated carbocycles. The van der Waals surface area contributed by atoms with E-state index in [1.807, 2.05) is 13.8 Å². The van der Waals surface area contributed by atoms with E-state index in [2.05, 4.69) is 31.1 Å². The number of nitrogens with one attached hydrogen (secondary N) is 1. The van der Waals surface area contributed by atoms with Gasteiger partial charge in [0.15, 0.2) is 5.89 Å². The number of rotatable bonds is 4. The molecular weight excluding hydrogens is 216 g/mol. The van der Waals surface area contributed by atoms with Crippen molar-refractivity contribution < 1.29 is 9.21 Å². The fraction of sp³-hybridized carbons (Fsp3) is 0.692. The first kappa shape index (κ1) is 13.7. The van der Waals surface area contributed by atoms with Crippen LogP contribution in [0.25, 0.3) is 0 Å². The zero-order chi connectivity index (χ0) is 13.1. The van der Waals surface area contributed by atoms with E-state index in [0.29, 0.717) is 19.4 Å². The third-order valence-corrected chi connectivity index (χ3v) is 2.49. The molecule has 96 valence electrons. The normalized spacial score (nSPS) is 11.6. The van der Waals surface area contributed by atoms with Crippen molar-refractivity contribution in [1.82, 2.24) is 10.3 Å². The fourth-order valence-electron chi connectivity index (χ4n) is 1.49. The standard InChI is InChI=1S/C13H22N2O2/c1-6-14-11(16)8-7-10-9(2)15-12(17-10)13(3,4)5/h6-8H2,1-5H3,(H,14,16). The topological polar surface area (TPSA) is 55.1 Å². The van der Waals surface area contributed by atoms with Crippen molar-refractivity contribution in [3.8, 4) is 0 Å². The zero-order valence-corrected chi connectivity index (χ0v) is 11.4. The number of amides is 1. The third kappa shape index (κ3) is 3.88. The number of carbonyl (C=O) groups is 1. The van der Waals surface area contributed by atoms with Crippen LogP contribution in [-0.4, -0.2) is 17.4 Å². The van der Waals surface area contributed by atoms with Crippen LogP contribution in [0.1, 0.15) is 51.5 Å². The molecule has 0 bridgehead atoms. The zero-order valence-electron chi connectivity index (χ0n) is 11.4. The van der Waals surface area contributed by atoms with Crippen molar-refractivity contribution in [2.24, 2.45) is 0 Å². The van der Waals surface area contributed by atoms with Crippen LogP contribution in [0.3, 0.4) is 0 Å². The molecule has 0 aliphatic heterocycles. The molecule has 0 spiro atoms. The van der Waals surface area contributed by atoms with Gasteiger partial charge < -0.3 is 9.73 Å². The van der Waals surface area contributed by atoms with E-state index in [-0.39, 0.29) is 11.3 Å². The maximum absolute atomic E-state index is 11.4. The smallest absolute Gasteiger partial charge is 0.220 e. The lowest BCUT2D eigenvalue weighted by atomic mass is 9.97. The molecule has 0 fully saturated rings. The molecule has 4 nitrogen and oxygen atoms in total. The van der Waals surface area contributed by atoms with Crippen LogP contribution in [-0.2, 0) is 16.6 Å². The van der Waals surface area contributed by atoms with E-state index in [1.54, 1.807) is 0 Å². The highest BCUT2D eigenvalue weighted by Crippen LogP contribution is 2.24. The highest BCUT2D eigenvalue weighted by atomic mass is 16.4. The molecule has 1 heterocycles. The predicted molar refractivity (Wildman–Crippen MR) is 66.9 cm³/mol. The van der Waals surface area contributed by atoms with Crippen LogP contribution in [0.2, 0.25) is 0 Å². The molecule has 1 N–H and O–H groups in total. The summed E-state index contributed by atoms with van der Waals surface area (Å²) in [6, 6.07) is 0. The number of hydrogen-bond acceptors (Lipinski definition) is 3. The number of aryl methyl sites for hydroxylation is 2. The number of hydrogen-bond donors (Lipinski definition) is 1. The molecule has 4 heteroatoms. The van der Waals surface area contributed by atoms with E-state index >= 15 is 0 Å². The van der Waals surface area contributed by atoms with E-state index in [0.717, 1.165) is 17.3 Å². The Morgan fingerprint density at radius 2 is 2.06 bits per heavy atom. The van der Waals surface area contributed by atoms with Gasteiger partial charge in [-0.05, 0) is 13.8 Å². The Morgan fingerprint density at radius 1 is 1.41 bits per heavy atom. The lowest BCUT2D eigenvalue weighted by Gasteiger charge is -2.12. The Labute approximate surface area is 103 Å². The summed E-state index contributed by atoms with van der Waals surface area (Å²) in [5.41, 5.74) is 0.800. The minimum Gasteiger partial charge on any atom is -0.445 e. The molecule has 0 atom stereocenters. The number of aromatic nitrogens is 1. The van der Waals surface area contributed by atoms with E-state index < -0.39 is 0 Å². The van der Waals surface area contributed by atoms with Crippen LogP contribution in [0, 0.1) is 6.92 Å². The molecule has 0 aromatic carbocycles. The average molecular weight is 238 g/mol. The molecule has 1 aromatic rings. The molecule has 0 radical (unpaired) electrons. The molecule has 0 aliphatic carbocycles. The molecule has 0 aliphatic rings. The van der Waals surface area contributed by atoms with Crippen molar-refractivity contribution in [2.75, 3.05) is 6.54 Å².